The summed E-state index contributed by atoms with van der Waals surface area (Å²) in [6.07, 6.45) is 4.70. The van der Waals surface area contributed by atoms with Gasteiger partial charge in [-0.15, -0.1) is 0 Å². The van der Waals surface area contributed by atoms with Crippen LogP contribution in [0.2, 0.25) is 0 Å². The lowest BCUT2D eigenvalue weighted by Crippen LogP contribution is -2.61. The van der Waals surface area contributed by atoms with Crippen LogP contribution >= 0.6 is 0 Å². The van der Waals surface area contributed by atoms with E-state index < -0.39 is 5.79 Å². The second-order valence-electron chi connectivity index (χ2n) is 8.20. The molecule has 1 spiro atoms. The number of allylic oxidation sites excluding steroid dienone is 2. The summed E-state index contributed by atoms with van der Waals surface area (Å²) in [5.41, 5.74) is 5.30. The second kappa shape index (κ2) is 5.57. The summed E-state index contributed by atoms with van der Waals surface area (Å²) in [4.78, 5) is 11.6. The van der Waals surface area contributed by atoms with E-state index in [1.54, 1.807) is 0 Å². The largest absolute Gasteiger partial charge is 0.347 e. The average molecular weight is 322 g/mol. The van der Waals surface area contributed by atoms with Crippen molar-refractivity contribution >= 4 is 6.29 Å². The number of carbonyl (C=O) groups is 1. The third kappa shape index (κ3) is 2.36. The van der Waals surface area contributed by atoms with Gasteiger partial charge in [-0.25, -0.2) is 5.01 Å². The Balaban J connectivity index is 2.03. The number of fused-ring (bicyclic) bond motifs is 1. The number of hydrazine groups is 1. The van der Waals surface area contributed by atoms with Crippen molar-refractivity contribution < 1.29 is 14.3 Å². The molecule has 130 valence electrons. The molecule has 5 heteroatoms. The van der Waals surface area contributed by atoms with Gasteiger partial charge in [0.05, 0.1) is 13.2 Å². The van der Waals surface area contributed by atoms with Crippen molar-refractivity contribution in [1.82, 2.24) is 10.4 Å². The summed E-state index contributed by atoms with van der Waals surface area (Å²) in [6.45, 7) is 8.23. The van der Waals surface area contributed by atoms with Crippen molar-refractivity contribution in [3.05, 3.63) is 11.3 Å². The summed E-state index contributed by atoms with van der Waals surface area (Å²) < 4.78 is 12.2. The fraction of sp³-hybridized carbons (Fsp3) is 0.833. The quantitative estimate of drug-likeness (QED) is 0.639. The fourth-order valence-corrected chi connectivity index (χ4v) is 5.26. The second-order valence-corrected chi connectivity index (χ2v) is 8.20. The van der Waals surface area contributed by atoms with Gasteiger partial charge in [0, 0.05) is 42.6 Å². The molecule has 1 N–H and O–H groups in total. The number of rotatable bonds is 3. The number of nitrogens with one attached hydrogen (secondary N) is 1. The van der Waals surface area contributed by atoms with Crippen LogP contribution in [0.1, 0.15) is 46.5 Å². The highest BCUT2D eigenvalue weighted by atomic mass is 16.7. The molecule has 0 radical (unpaired) electrons. The molecule has 0 aromatic heterocycles. The van der Waals surface area contributed by atoms with E-state index in [9.17, 15) is 4.79 Å². The Kier molecular flexibility index (Phi) is 4.10. The Bertz CT molecular complexity index is 520. The van der Waals surface area contributed by atoms with Crippen LogP contribution in [0.5, 0.6) is 0 Å². The highest BCUT2D eigenvalue weighted by molar-refractivity contribution is 5.75. The summed E-state index contributed by atoms with van der Waals surface area (Å²) in [5.74, 6) is -0.0491. The number of hydrogen-bond acceptors (Lipinski definition) is 5. The molecule has 1 heterocycles. The first-order valence-corrected chi connectivity index (χ1v) is 8.67. The third-order valence-electron chi connectivity index (χ3n) is 6.42. The van der Waals surface area contributed by atoms with Crippen LogP contribution < -0.4 is 5.43 Å². The molecule has 23 heavy (non-hydrogen) atoms. The Morgan fingerprint density at radius 3 is 2.39 bits per heavy atom. The molecule has 1 saturated carbocycles. The summed E-state index contributed by atoms with van der Waals surface area (Å²) in [6, 6.07) is 0. The molecule has 5 nitrogen and oxygen atoms in total. The van der Waals surface area contributed by atoms with Crippen molar-refractivity contribution in [2.75, 3.05) is 27.3 Å². The van der Waals surface area contributed by atoms with Gasteiger partial charge in [0.2, 0.25) is 0 Å². The van der Waals surface area contributed by atoms with E-state index in [1.807, 2.05) is 19.1 Å². The van der Waals surface area contributed by atoms with Crippen LogP contribution in [0.15, 0.2) is 11.3 Å². The summed E-state index contributed by atoms with van der Waals surface area (Å²) in [7, 11) is 3.95. The molecule has 0 aromatic rings. The van der Waals surface area contributed by atoms with Gasteiger partial charge in [-0.2, -0.15) is 0 Å². The minimum absolute atomic E-state index is 0.0528. The van der Waals surface area contributed by atoms with Crippen LogP contribution in [-0.2, 0) is 14.3 Å². The van der Waals surface area contributed by atoms with Gasteiger partial charge in [-0.3, -0.25) is 4.79 Å². The Hall–Kier alpha value is -0.910. The molecule has 0 amide bonds. The van der Waals surface area contributed by atoms with E-state index >= 15 is 0 Å². The first-order valence-electron chi connectivity index (χ1n) is 8.67. The summed E-state index contributed by atoms with van der Waals surface area (Å²) >= 11 is 0. The van der Waals surface area contributed by atoms with Crippen LogP contribution in [-0.4, -0.2) is 44.4 Å². The maximum atomic E-state index is 11.6. The highest BCUT2D eigenvalue weighted by Crippen LogP contribution is 2.63. The Labute approximate surface area is 139 Å². The molecular weight excluding hydrogens is 292 g/mol. The zero-order valence-corrected chi connectivity index (χ0v) is 15.1. The molecule has 2 atom stereocenters. The predicted molar refractivity (Wildman–Crippen MR) is 88.4 cm³/mol. The number of ether oxygens (including phenoxy) is 2. The average Bonchev–Trinajstić information content (AvgIpc) is 2.96. The molecule has 1 aliphatic heterocycles. The van der Waals surface area contributed by atoms with E-state index in [1.165, 1.54) is 0 Å². The van der Waals surface area contributed by atoms with Gasteiger partial charge >= 0.3 is 0 Å². The molecule has 2 unspecified atom stereocenters. The van der Waals surface area contributed by atoms with E-state index in [4.69, 9.17) is 9.47 Å². The van der Waals surface area contributed by atoms with Crippen LogP contribution in [0.4, 0.5) is 0 Å². The highest BCUT2D eigenvalue weighted by Gasteiger charge is 2.63. The maximum absolute atomic E-state index is 11.6. The van der Waals surface area contributed by atoms with Crippen LogP contribution in [0.25, 0.3) is 0 Å². The molecule has 3 rings (SSSR count). The third-order valence-corrected chi connectivity index (χ3v) is 6.42. The van der Waals surface area contributed by atoms with Crippen molar-refractivity contribution in [3.63, 3.8) is 0 Å². The fourth-order valence-electron chi connectivity index (χ4n) is 5.26. The maximum Gasteiger partial charge on any atom is 0.173 e. The lowest BCUT2D eigenvalue weighted by atomic mass is 9.49. The van der Waals surface area contributed by atoms with Gasteiger partial charge in [-0.1, -0.05) is 20.8 Å². The van der Waals surface area contributed by atoms with Crippen molar-refractivity contribution in [2.45, 2.75) is 52.2 Å². The lowest BCUT2D eigenvalue weighted by molar-refractivity contribution is -0.281. The minimum atomic E-state index is -0.459. The molecule has 2 fully saturated rings. The van der Waals surface area contributed by atoms with E-state index in [-0.39, 0.29) is 10.8 Å². The van der Waals surface area contributed by atoms with Gasteiger partial charge in [0.1, 0.15) is 6.29 Å². The van der Waals surface area contributed by atoms with Crippen molar-refractivity contribution in [2.24, 2.45) is 16.7 Å². The lowest BCUT2D eigenvalue weighted by Gasteiger charge is -2.60. The van der Waals surface area contributed by atoms with Gasteiger partial charge < -0.3 is 14.9 Å². The van der Waals surface area contributed by atoms with E-state index in [2.05, 4.69) is 26.2 Å². The molecule has 3 aliphatic rings. The van der Waals surface area contributed by atoms with Crippen molar-refractivity contribution in [1.29, 1.82) is 0 Å². The molecule has 0 bridgehead atoms. The minimum Gasteiger partial charge on any atom is -0.347 e. The van der Waals surface area contributed by atoms with Crippen LogP contribution in [0.3, 0.4) is 0 Å². The zero-order valence-electron chi connectivity index (χ0n) is 15.1. The first-order chi connectivity index (χ1) is 10.8. The molecular formula is C18H30N2O3. The van der Waals surface area contributed by atoms with E-state index in [0.717, 1.165) is 43.2 Å². The van der Waals surface area contributed by atoms with Crippen LogP contribution in [0, 0.1) is 16.7 Å². The first kappa shape index (κ1) is 16.9. The standard InChI is InChI=1S/C18H30N2O3/c1-16(2)14-7-6-13(12-21)15(19-20(4)5)17(14,3)8-9-18(16)22-10-11-23-18/h12,14,19H,6-11H2,1-5H3. The predicted octanol–water partition coefficient (Wildman–Crippen LogP) is 2.48. The molecule has 0 aromatic carbocycles. The zero-order chi connectivity index (χ0) is 16.9. The number of aldehydes is 1. The summed E-state index contributed by atoms with van der Waals surface area (Å²) in [5, 5.41) is 1.94. The topological polar surface area (TPSA) is 50.8 Å². The SMILES string of the molecule is CN(C)NC1=C(C=O)CCC2C1(C)CCC1(OCCO1)C2(C)C. The Morgan fingerprint density at radius 2 is 1.83 bits per heavy atom. The normalized spacial score (nSPS) is 35.5. The Morgan fingerprint density at radius 1 is 1.17 bits per heavy atom. The van der Waals surface area contributed by atoms with Crippen molar-refractivity contribution in [3.8, 4) is 0 Å². The number of nitrogens with zero attached hydrogens (tertiary/aromatic N) is 1. The monoisotopic (exact) mass is 322 g/mol. The number of hydrogen-bond donors (Lipinski definition) is 1. The van der Waals surface area contributed by atoms with E-state index in [0.29, 0.717) is 19.1 Å². The number of carbonyl (C=O) groups excluding carboxylic acids is 1. The molecule has 1 saturated heterocycles. The molecule has 2 aliphatic carbocycles. The van der Waals surface area contributed by atoms with Gasteiger partial charge in [0.15, 0.2) is 5.79 Å². The smallest absolute Gasteiger partial charge is 0.173 e. The van der Waals surface area contributed by atoms with Gasteiger partial charge in [-0.05, 0) is 25.2 Å². The van der Waals surface area contributed by atoms with Gasteiger partial charge in [0.25, 0.3) is 0 Å².